The minimum absolute atomic E-state index is 0.0109. The summed E-state index contributed by atoms with van der Waals surface area (Å²) in [6.45, 7) is 7.41. The van der Waals surface area contributed by atoms with E-state index in [1.54, 1.807) is 35.9 Å². The van der Waals surface area contributed by atoms with Crippen LogP contribution in [0.1, 0.15) is 35.0 Å². The minimum Gasteiger partial charge on any atom is -0.497 e. The molecule has 3 heterocycles. The molecule has 2 amide bonds. The summed E-state index contributed by atoms with van der Waals surface area (Å²) in [5.74, 6) is 0.316. The molecule has 0 radical (unpaired) electrons. The summed E-state index contributed by atoms with van der Waals surface area (Å²) in [5, 5.41) is 22.1. The number of methoxy groups -OCH3 is 1. The van der Waals surface area contributed by atoms with Gasteiger partial charge in [-0.3, -0.25) is 14.3 Å². The lowest BCUT2D eigenvalue weighted by molar-refractivity contribution is -0.145. The monoisotopic (exact) mass is 639 g/mol. The van der Waals surface area contributed by atoms with E-state index in [1.165, 1.54) is 5.19 Å². The predicted molar refractivity (Wildman–Crippen MR) is 179 cm³/mol. The number of rotatable bonds is 10. The molecule has 2 aliphatic rings. The van der Waals surface area contributed by atoms with Crippen molar-refractivity contribution in [2.75, 3.05) is 31.0 Å². The third kappa shape index (κ3) is 5.42. The summed E-state index contributed by atoms with van der Waals surface area (Å²) >= 11 is 0. The Morgan fingerprint density at radius 1 is 1.11 bits per heavy atom. The average molecular weight is 640 g/mol. The Balaban J connectivity index is 1.39. The molecule has 4 aromatic rings. The lowest BCUT2D eigenvalue weighted by Gasteiger charge is -2.37. The zero-order chi connectivity index (χ0) is 32.6. The topological polar surface area (TPSA) is 119 Å². The lowest BCUT2D eigenvalue weighted by atomic mass is 9.82. The summed E-state index contributed by atoms with van der Waals surface area (Å²) in [7, 11) is 1.15. The second-order valence-electron chi connectivity index (χ2n) is 12.8. The van der Waals surface area contributed by atoms with Crippen molar-refractivity contribution in [3.8, 4) is 5.75 Å². The van der Waals surface area contributed by atoms with Crippen LogP contribution >= 0.6 is 0 Å². The highest BCUT2D eigenvalue weighted by Crippen LogP contribution is 2.60. The first-order valence-electron chi connectivity index (χ1n) is 15.7. The van der Waals surface area contributed by atoms with Gasteiger partial charge < -0.3 is 24.8 Å². The molecular formula is C35H41N5O5Si. The fourth-order valence-corrected chi connectivity index (χ4v) is 11.6. The maximum atomic E-state index is 14.4. The number of hydrogen-bond acceptors (Lipinski definition) is 7. The van der Waals surface area contributed by atoms with Gasteiger partial charge >= 0.3 is 0 Å². The molecule has 2 N–H and O–H groups in total. The van der Waals surface area contributed by atoms with Gasteiger partial charge in [0.25, 0.3) is 11.8 Å². The molecule has 46 heavy (non-hydrogen) atoms. The van der Waals surface area contributed by atoms with Crippen molar-refractivity contribution < 1.29 is 24.2 Å². The van der Waals surface area contributed by atoms with Gasteiger partial charge in [0, 0.05) is 55.5 Å². The third-order valence-electron chi connectivity index (χ3n) is 9.86. The molecule has 0 unspecified atom stereocenters. The molecule has 6 rings (SSSR count). The number of fused-ring (bicyclic) bond motifs is 2. The Hall–Kier alpha value is -4.32. The Bertz CT molecular complexity index is 1730. The fraction of sp³-hybridized carbons (Fsp3) is 0.371. The Morgan fingerprint density at radius 2 is 1.85 bits per heavy atom. The van der Waals surface area contributed by atoms with Crippen molar-refractivity contribution in [3.05, 3.63) is 95.8 Å². The molecule has 240 valence electrons. The summed E-state index contributed by atoms with van der Waals surface area (Å²) < 4.78 is 14.4. The highest BCUT2D eigenvalue weighted by atomic mass is 28.3. The second-order valence-corrected chi connectivity index (χ2v) is 17.5. The van der Waals surface area contributed by atoms with Crippen LogP contribution in [0.3, 0.4) is 0 Å². The number of nitrogens with zero attached hydrogens (tertiary/aromatic N) is 4. The molecule has 1 saturated heterocycles. The summed E-state index contributed by atoms with van der Waals surface area (Å²) in [5.41, 5.74) is 2.30. The van der Waals surface area contributed by atoms with E-state index in [-0.39, 0.29) is 36.0 Å². The number of nitrogens with one attached hydrogen (secondary N) is 1. The van der Waals surface area contributed by atoms with Crippen LogP contribution in [0.4, 0.5) is 11.4 Å². The molecule has 2 aliphatic heterocycles. The zero-order valence-electron chi connectivity index (χ0n) is 26.9. The number of benzene rings is 3. The molecule has 4 atom stereocenters. The van der Waals surface area contributed by atoms with E-state index < -0.39 is 13.7 Å². The maximum absolute atomic E-state index is 14.4. The van der Waals surface area contributed by atoms with E-state index in [4.69, 9.17) is 9.47 Å². The number of hydrogen-bond donors (Lipinski definition) is 2. The van der Waals surface area contributed by atoms with E-state index in [9.17, 15) is 14.7 Å². The minimum atomic E-state index is -2.30. The zero-order valence-corrected chi connectivity index (χ0v) is 27.9. The van der Waals surface area contributed by atoms with E-state index in [0.717, 1.165) is 22.7 Å². The van der Waals surface area contributed by atoms with E-state index >= 15 is 0 Å². The van der Waals surface area contributed by atoms with Crippen molar-refractivity contribution >= 4 is 36.4 Å². The van der Waals surface area contributed by atoms with Crippen LogP contribution < -0.4 is 20.1 Å². The number of aliphatic hydroxyl groups excluding tert-OH is 1. The smallest absolute Gasteiger partial charge is 0.264 e. The van der Waals surface area contributed by atoms with Gasteiger partial charge in [0.1, 0.15) is 5.75 Å². The van der Waals surface area contributed by atoms with E-state index in [2.05, 4.69) is 47.8 Å². The van der Waals surface area contributed by atoms with Crippen molar-refractivity contribution in [3.63, 3.8) is 0 Å². The largest absolute Gasteiger partial charge is 0.497 e. The van der Waals surface area contributed by atoms with Gasteiger partial charge in [-0.1, -0.05) is 60.7 Å². The summed E-state index contributed by atoms with van der Waals surface area (Å²) in [4.78, 5) is 29.2. The van der Waals surface area contributed by atoms with Crippen LogP contribution in [0.25, 0.3) is 0 Å². The van der Waals surface area contributed by atoms with Gasteiger partial charge in [-0.2, -0.15) is 0 Å². The number of amides is 2. The second kappa shape index (κ2) is 12.5. The van der Waals surface area contributed by atoms with Crippen LogP contribution in [0.15, 0.2) is 79.0 Å². The van der Waals surface area contributed by atoms with E-state index in [0.29, 0.717) is 30.6 Å². The molecule has 1 aromatic heterocycles. The third-order valence-corrected chi connectivity index (χ3v) is 14.2. The maximum Gasteiger partial charge on any atom is 0.264 e. The first-order chi connectivity index (χ1) is 22.1. The fourth-order valence-electron chi connectivity index (χ4n) is 7.50. The first kappa shape index (κ1) is 31.7. The lowest BCUT2D eigenvalue weighted by Crippen LogP contribution is -2.51. The molecule has 10 nitrogen and oxygen atoms in total. The number of carbonyl (C=O) groups excluding carboxylic acids is 2. The standard InChI is InChI=1S/C35H41N5O5Si/c1-23-32(46(4,5)28-14-12-27(44-3)13-15-28)31(17-19-40-22-26(18-20-41)37-38-40)45-35(23)29-21-25(11-16-30(29)39(2)34(35)43)36-33(42)24-9-7-6-8-10-24/h6-16,21-23,31-32,41H,17-20H2,1-5H3,(H,36,42)/t23-,31+,32-,35+/m1/s1. The highest BCUT2D eigenvalue weighted by Gasteiger charge is 2.65. The SMILES string of the molecule is COc1ccc([Si](C)(C)[C@H]2[C@H](CCn3cc(CCO)nn3)O[C@@]3(C(=O)N(C)c4ccc(NC(=O)c5ccccc5)cc43)[C@@H]2C)cc1. The molecule has 1 spiro atoms. The molecule has 0 aliphatic carbocycles. The van der Waals surface area contributed by atoms with Crippen LogP contribution in [-0.4, -0.2) is 66.9 Å². The molecule has 0 saturated carbocycles. The van der Waals surface area contributed by atoms with Gasteiger partial charge in [0.2, 0.25) is 0 Å². The van der Waals surface area contributed by atoms with Crippen LogP contribution in [0.2, 0.25) is 18.6 Å². The molecule has 0 bridgehead atoms. The van der Waals surface area contributed by atoms with Gasteiger partial charge in [-0.25, -0.2) is 0 Å². The number of aliphatic hydroxyl groups is 1. The van der Waals surface area contributed by atoms with E-state index in [1.807, 2.05) is 54.7 Å². The van der Waals surface area contributed by atoms with Crippen LogP contribution in [-0.2, 0) is 28.1 Å². The van der Waals surface area contributed by atoms with Gasteiger partial charge in [-0.05, 0) is 54.4 Å². The number of likely N-dealkylation sites (N-methyl/N-ethyl adjacent to an activating group) is 1. The molecule has 3 aromatic carbocycles. The predicted octanol–water partition coefficient (Wildman–Crippen LogP) is 4.36. The Morgan fingerprint density at radius 3 is 2.54 bits per heavy atom. The number of ether oxygens (including phenoxy) is 2. The molecule has 1 fully saturated rings. The molecule has 11 heteroatoms. The highest BCUT2D eigenvalue weighted by molar-refractivity contribution is 6.91. The quantitative estimate of drug-likeness (QED) is 0.248. The van der Waals surface area contributed by atoms with Crippen molar-refractivity contribution in [1.82, 2.24) is 15.0 Å². The summed E-state index contributed by atoms with van der Waals surface area (Å²) in [6, 6.07) is 23.0. The Kier molecular flexibility index (Phi) is 8.58. The van der Waals surface area contributed by atoms with Gasteiger partial charge in [-0.15, -0.1) is 5.10 Å². The number of aromatic nitrogens is 3. The number of anilines is 2. The van der Waals surface area contributed by atoms with Gasteiger partial charge in [0.05, 0.1) is 32.7 Å². The van der Waals surface area contributed by atoms with Crippen LogP contribution in [0, 0.1) is 5.92 Å². The number of aryl methyl sites for hydroxylation is 1. The summed E-state index contributed by atoms with van der Waals surface area (Å²) in [6.07, 6.45) is 2.68. The average Bonchev–Trinajstić information content (AvgIpc) is 3.70. The van der Waals surface area contributed by atoms with Crippen molar-refractivity contribution in [1.29, 1.82) is 0 Å². The van der Waals surface area contributed by atoms with Gasteiger partial charge in [0.15, 0.2) is 5.60 Å². The number of carbonyl (C=O) groups is 2. The first-order valence-corrected chi connectivity index (χ1v) is 18.8. The Labute approximate surface area is 270 Å². The normalized spacial score (nSPS) is 22.3. The van der Waals surface area contributed by atoms with Crippen LogP contribution in [0.5, 0.6) is 5.75 Å². The van der Waals surface area contributed by atoms with Crippen molar-refractivity contribution in [2.45, 2.75) is 56.7 Å². The molecular weight excluding hydrogens is 599 g/mol. The van der Waals surface area contributed by atoms with Crippen molar-refractivity contribution in [2.24, 2.45) is 5.92 Å².